The summed E-state index contributed by atoms with van der Waals surface area (Å²) in [6, 6.07) is 7.22. The van der Waals surface area contributed by atoms with Crippen LogP contribution in [0.25, 0.3) is 0 Å². The number of carbonyl (C=O) groups is 1. The lowest BCUT2D eigenvalue weighted by Crippen LogP contribution is -2.05. The lowest BCUT2D eigenvalue weighted by Gasteiger charge is -2.10. The first-order valence-corrected chi connectivity index (χ1v) is 6.42. The standard InChI is InChI=1S/C15H14N2O3/c16-13-12(15(18)19)6-7-17-14(13)20-11-5-4-9-2-1-3-10(9)8-11/h4-8H,1-3,16H2,(H,18,19). The van der Waals surface area contributed by atoms with Crippen molar-refractivity contribution < 1.29 is 14.6 Å². The fourth-order valence-corrected chi connectivity index (χ4v) is 2.45. The molecular formula is C15H14N2O3. The zero-order valence-electron chi connectivity index (χ0n) is 10.8. The van der Waals surface area contributed by atoms with Gasteiger partial charge in [-0.2, -0.15) is 0 Å². The third-order valence-corrected chi connectivity index (χ3v) is 3.47. The Kier molecular flexibility index (Phi) is 3.02. The SMILES string of the molecule is Nc1c(C(=O)O)ccnc1Oc1ccc2c(c1)CCC2. The zero-order valence-corrected chi connectivity index (χ0v) is 10.8. The number of anilines is 1. The van der Waals surface area contributed by atoms with Gasteiger partial charge in [-0.05, 0) is 48.6 Å². The minimum absolute atomic E-state index is 0.00356. The van der Waals surface area contributed by atoms with E-state index >= 15 is 0 Å². The Morgan fingerprint density at radius 3 is 2.85 bits per heavy atom. The van der Waals surface area contributed by atoms with Crippen LogP contribution in [0, 0.1) is 0 Å². The lowest BCUT2D eigenvalue weighted by molar-refractivity contribution is 0.0697. The van der Waals surface area contributed by atoms with Crippen molar-refractivity contribution in [2.24, 2.45) is 0 Å². The molecule has 1 heterocycles. The largest absolute Gasteiger partial charge is 0.478 e. The van der Waals surface area contributed by atoms with E-state index in [1.54, 1.807) is 0 Å². The predicted molar refractivity (Wildman–Crippen MR) is 74.1 cm³/mol. The van der Waals surface area contributed by atoms with E-state index < -0.39 is 5.97 Å². The quantitative estimate of drug-likeness (QED) is 0.895. The smallest absolute Gasteiger partial charge is 0.338 e. The molecule has 1 aromatic carbocycles. The van der Waals surface area contributed by atoms with Crippen LogP contribution in [0.15, 0.2) is 30.5 Å². The molecule has 102 valence electrons. The predicted octanol–water partition coefficient (Wildman–Crippen LogP) is 2.64. The van der Waals surface area contributed by atoms with Gasteiger partial charge in [0.1, 0.15) is 11.4 Å². The highest BCUT2D eigenvalue weighted by Gasteiger charge is 2.15. The second-order valence-electron chi connectivity index (χ2n) is 4.77. The Bertz CT molecular complexity index is 683. The first-order valence-electron chi connectivity index (χ1n) is 6.42. The number of nitrogens with zero attached hydrogens (tertiary/aromatic N) is 1. The van der Waals surface area contributed by atoms with Gasteiger partial charge in [0.25, 0.3) is 0 Å². The van der Waals surface area contributed by atoms with E-state index in [0.29, 0.717) is 5.75 Å². The molecule has 0 unspecified atom stereocenters. The molecule has 20 heavy (non-hydrogen) atoms. The summed E-state index contributed by atoms with van der Waals surface area (Å²) in [7, 11) is 0. The molecular weight excluding hydrogens is 256 g/mol. The van der Waals surface area contributed by atoms with E-state index in [0.717, 1.165) is 19.3 Å². The molecule has 0 radical (unpaired) electrons. The Hall–Kier alpha value is -2.56. The number of nitrogens with two attached hydrogens (primary N) is 1. The molecule has 3 N–H and O–H groups in total. The zero-order chi connectivity index (χ0) is 14.1. The molecule has 0 bridgehead atoms. The molecule has 2 aromatic rings. The number of hydrogen-bond donors (Lipinski definition) is 2. The number of carboxylic acid groups (broad SMARTS) is 1. The summed E-state index contributed by atoms with van der Waals surface area (Å²) in [5.41, 5.74) is 8.43. The fraction of sp³-hybridized carbons (Fsp3) is 0.200. The topological polar surface area (TPSA) is 85.4 Å². The maximum absolute atomic E-state index is 11.0. The van der Waals surface area contributed by atoms with Gasteiger partial charge in [-0.3, -0.25) is 0 Å². The van der Waals surface area contributed by atoms with E-state index in [-0.39, 0.29) is 17.1 Å². The average molecular weight is 270 g/mol. The van der Waals surface area contributed by atoms with E-state index in [2.05, 4.69) is 4.98 Å². The summed E-state index contributed by atoms with van der Waals surface area (Å²) < 4.78 is 5.63. The highest BCUT2D eigenvalue weighted by molar-refractivity contribution is 5.94. The van der Waals surface area contributed by atoms with E-state index in [1.807, 2.05) is 18.2 Å². The molecule has 5 nitrogen and oxygen atoms in total. The third-order valence-electron chi connectivity index (χ3n) is 3.47. The normalized spacial score (nSPS) is 13.0. The van der Waals surface area contributed by atoms with Crippen molar-refractivity contribution in [1.82, 2.24) is 4.98 Å². The van der Waals surface area contributed by atoms with Crippen LogP contribution in [-0.4, -0.2) is 16.1 Å². The fourth-order valence-electron chi connectivity index (χ4n) is 2.45. The third kappa shape index (κ3) is 2.18. The summed E-state index contributed by atoms with van der Waals surface area (Å²) in [6.45, 7) is 0. The second kappa shape index (κ2) is 4.85. The number of rotatable bonds is 3. The maximum Gasteiger partial charge on any atom is 0.338 e. The van der Waals surface area contributed by atoms with Gasteiger partial charge >= 0.3 is 5.97 Å². The Balaban J connectivity index is 1.92. The van der Waals surface area contributed by atoms with E-state index in [4.69, 9.17) is 15.6 Å². The van der Waals surface area contributed by atoms with Crippen LogP contribution in [0.4, 0.5) is 5.69 Å². The van der Waals surface area contributed by atoms with Crippen molar-refractivity contribution >= 4 is 11.7 Å². The van der Waals surface area contributed by atoms with Gasteiger partial charge in [-0.25, -0.2) is 9.78 Å². The summed E-state index contributed by atoms with van der Waals surface area (Å²) in [4.78, 5) is 15.0. The van der Waals surface area contributed by atoms with Crippen molar-refractivity contribution in [1.29, 1.82) is 0 Å². The molecule has 1 aromatic heterocycles. The van der Waals surface area contributed by atoms with Crippen LogP contribution in [0.1, 0.15) is 27.9 Å². The molecule has 5 heteroatoms. The van der Waals surface area contributed by atoms with Crippen molar-refractivity contribution in [2.75, 3.05) is 5.73 Å². The molecule has 0 spiro atoms. The van der Waals surface area contributed by atoms with Gasteiger partial charge in [-0.15, -0.1) is 0 Å². The van der Waals surface area contributed by atoms with Crippen molar-refractivity contribution in [3.8, 4) is 11.6 Å². The van der Waals surface area contributed by atoms with Gasteiger partial charge in [0.15, 0.2) is 0 Å². The lowest BCUT2D eigenvalue weighted by atomic mass is 10.1. The number of hydrogen-bond acceptors (Lipinski definition) is 4. The summed E-state index contributed by atoms with van der Waals surface area (Å²) in [5, 5.41) is 9.02. The number of aromatic carboxylic acids is 1. The average Bonchev–Trinajstić information content (AvgIpc) is 2.88. The molecule has 0 aliphatic heterocycles. The van der Waals surface area contributed by atoms with Crippen LogP contribution >= 0.6 is 0 Å². The molecule has 0 atom stereocenters. The van der Waals surface area contributed by atoms with Gasteiger partial charge in [0, 0.05) is 6.20 Å². The molecule has 1 aliphatic carbocycles. The van der Waals surface area contributed by atoms with E-state index in [1.165, 1.54) is 23.4 Å². The molecule has 0 amide bonds. The Morgan fingerprint density at radius 1 is 1.25 bits per heavy atom. The maximum atomic E-state index is 11.0. The van der Waals surface area contributed by atoms with Crippen molar-refractivity contribution in [3.63, 3.8) is 0 Å². The first kappa shape index (κ1) is 12.5. The van der Waals surface area contributed by atoms with Gasteiger partial charge in [0.05, 0.1) is 5.56 Å². The monoisotopic (exact) mass is 270 g/mol. The summed E-state index contributed by atoms with van der Waals surface area (Å²) in [5.74, 6) is -0.334. The van der Waals surface area contributed by atoms with Crippen molar-refractivity contribution in [3.05, 3.63) is 47.2 Å². The number of aryl methyl sites for hydroxylation is 2. The number of benzene rings is 1. The summed E-state index contributed by atoms with van der Waals surface area (Å²) in [6.07, 6.45) is 4.69. The molecule has 0 saturated heterocycles. The number of carboxylic acids is 1. The van der Waals surface area contributed by atoms with Crippen LogP contribution < -0.4 is 10.5 Å². The molecule has 0 fully saturated rings. The first-order chi connectivity index (χ1) is 9.65. The Labute approximate surface area is 116 Å². The van der Waals surface area contributed by atoms with Crippen LogP contribution in [0.3, 0.4) is 0 Å². The van der Waals surface area contributed by atoms with Crippen LogP contribution in [-0.2, 0) is 12.8 Å². The minimum atomic E-state index is -1.09. The second-order valence-corrected chi connectivity index (χ2v) is 4.77. The van der Waals surface area contributed by atoms with Gasteiger partial charge in [0.2, 0.25) is 5.88 Å². The molecule has 1 aliphatic rings. The highest BCUT2D eigenvalue weighted by atomic mass is 16.5. The van der Waals surface area contributed by atoms with Gasteiger partial charge in [-0.1, -0.05) is 6.07 Å². The number of nitrogen functional groups attached to an aromatic ring is 1. The van der Waals surface area contributed by atoms with Gasteiger partial charge < -0.3 is 15.6 Å². The molecule has 3 rings (SSSR count). The number of aromatic nitrogens is 1. The summed E-state index contributed by atoms with van der Waals surface area (Å²) >= 11 is 0. The molecule has 0 saturated carbocycles. The number of pyridine rings is 1. The van der Waals surface area contributed by atoms with Crippen LogP contribution in [0.5, 0.6) is 11.6 Å². The van der Waals surface area contributed by atoms with Crippen molar-refractivity contribution in [2.45, 2.75) is 19.3 Å². The Morgan fingerprint density at radius 2 is 2.05 bits per heavy atom. The number of fused-ring (bicyclic) bond motifs is 1. The highest BCUT2D eigenvalue weighted by Crippen LogP contribution is 2.31. The number of ether oxygens (including phenoxy) is 1. The van der Waals surface area contributed by atoms with Crippen LogP contribution in [0.2, 0.25) is 0 Å². The van der Waals surface area contributed by atoms with E-state index in [9.17, 15) is 4.79 Å². The minimum Gasteiger partial charge on any atom is -0.478 e.